The smallest absolute Gasteiger partial charge is 0.164 e. The largest absolute Gasteiger partial charge is 0.309 e. The molecule has 0 spiro atoms. The highest BCUT2D eigenvalue weighted by Gasteiger charge is 2.19. The number of para-hydroxylation sites is 2. The number of benzene rings is 9. The zero-order chi connectivity index (χ0) is 39.1. The van der Waals surface area contributed by atoms with Gasteiger partial charge in [0.2, 0.25) is 0 Å². The van der Waals surface area contributed by atoms with E-state index in [-0.39, 0.29) is 0 Å². The summed E-state index contributed by atoms with van der Waals surface area (Å²) in [6, 6.07) is 77.0. The summed E-state index contributed by atoms with van der Waals surface area (Å²) < 4.78 is 2.39. The molecule has 0 radical (unpaired) electrons. The van der Waals surface area contributed by atoms with E-state index in [2.05, 4.69) is 217 Å². The average Bonchev–Trinajstić information content (AvgIpc) is 3.66. The Balaban J connectivity index is 1.13. The van der Waals surface area contributed by atoms with Gasteiger partial charge in [-0.05, 0) is 68.9 Å². The third-order valence-electron chi connectivity index (χ3n) is 11.2. The highest BCUT2D eigenvalue weighted by molar-refractivity contribution is 6.10. The normalized spacial score (nSPS) is 11.4. The van der Waals surface area contributed by atoms with Gasteiger partial charge in [-0.1, -0.05) is 188 Å². The highest BCUT2D eigenvalue weighted by Crippen LogP contribution is 2.39. The molecule has 0 unspecified atom stereocenters. The van der Waals surface area contributed by atoms with E-state index in [1.165, 1.54) is 27.3 Å². The molecule has 11 aromatic rings. The first-order chi connectivity index (χ1) is 29.2. The van der Waals surface area contributed by atoms with E-state index in [1.54, 1.807) is 0 Å². The van der Waals surface area contributed by atoms with Crippen LogP contribution >= 0.6 is 0 Å². The molecule has 0 saturated carbocycles. The van der Waals surface area contributed by atoms with Crippen LogP contribution in [0.15, 0.2) is 218 Å². The number of fused-ring (bicyclic) bond motifs is 4. The number of aromatic nitrogens is 4. The summed E-state index contributed by atoms with van der Waals surface area (Å²) in [5, 5.41) is 4.73. The molecule has 9 aromatic carbocycles. The Morgan fingerprint density at radius 3 is 1.39 bits per heavy atom. The van der Waals surface area contributed by atoms with Gasteiger partial charge in [0, 0.05) is 33.0 Å². The summed E-state index contributed by atoms with van der Waals surface area (Å²) in [7, 11) is 0. The second kappa shape index (κ2) is 14.5. The molecule has 0 aliphatic rings. The molecule has 0 aliphatic heterocycles. The second-order valence-corrected chi connectivity index (χ2v) is 14.8. The lowest BCUT2D eigenvalue weighted by Crippen LogP contribution is -2.02. The Kier molecular flexibility index (Phi) is 8.45. The van der Waals surface area contributed by atoms with Gasteiger partial charge in [0.15, 0.2) is 17.5 Å². The van der Waals surface area contributed by atoms with Gasteiger partial charge in [-0.25, -0.2) is 15.0 Å². The van der Waals surface area contributed by atoms with Gasteiger partial charge in [0.25, 0.3) is 0 Å². The molecule has 0 saturated heterocycles. The van der Waals surface area contributed by atoms with Crippen LogP contribution in [0.2, 0.25) is 0 Å². The molecule has 0 aliphatic carbocycles. The van der Waals surface area contributed by atoms with Crippen molar-refractivity contribution in [2.45, 2.75) is 0 Å². The van der Waals surface area contributed by atoms with Crippen LogP contribution in [0.1, 0.15) is 0 Å². The molecule has 276 valence electrons. The average molecular weight is 753 g/mol. The number of hydrogen-bond donors (Lipinski definition) is 0. The first-order valence-electron chi connectivity index (χ1n) is 19.9. The first-order valence-corrected chi connectivity index (χ1v) is 19.9. The Morgan fingerprint density at radius 2 is 0.746 bits per heavy atom. The van der Waals surface area contributed by atoms with Gasteiger partial charge in [0.1, 0.15) is 0 Å². The van der Waals surface area contributed by atoms with Crippen molar-refractivity contribution in [2.24, 2.45) is 0 Å². The van der Waals surface area contributed by atoms with Crippen LogP contribution in [0.25, 0.3) is 106 Å². The van der Waals surface area contributed by atoms with Gasteiger partial charge in [-0.15, -0.1) is 0 Å². The van der Waals surface area contributed by atoms with Crippen LogP contribution < -0.4 is 0 Å². The zero-order valence-corrected chi connectivity index (χ0v) is 32.1. The van der Waals surface area contributed by atoms with Gasteiger partial charge < -0.3 is 4.57 Å². The fraction of sp³-hybridized carbons (Fsp3) is 0. The quantitative estimate of drug-likeness (QED) is 0.163. The zero-order valence-electron chi connectivity index (χ0n) is 32.1. The Hall–Kier alpha value is -7.95. The first kappa shape index (κ1) is 34.3. The summed E-state index contributed by atoms with van der Waals surface area (Å²) in [4.78, 5) is 15.8. The minimum atomic E-state index is 0.606. The summed E-state index contributed by atoms with van der Waals surface area (Å²) in [5.41, 5.74) is 13.0. The van der Waals surface area contributed by atoms with E-state index in [0.29, 0.717) is 17.5 Å². The molecule has 0 atom stereocenters. The Morgan fingerprint density at radius 1 is 0.271 bits per heavy atom. The molecule has 0 amide bonds. The third-order valence-corrected chi connectivity index (χ3v) is 11.2. The maximum Gasteiger partial charge on any atom is 0.164 e. The molecule has 0 bridgehead atoms. The lowest BCUT2D eigenvalue weighted by molar-refractivity contribution is 1.07. The molecule has 0 N–H and O–H groups in total. The molecule has 2 heterocycles. The highest BCUT2D eigenvalue weighted by atomic mass is 15.0. The maximum atomic E-state index is 5.29. The number of nitrogens with zero attached hydrogens (tertiary/aromatic N) is 4. The molecule has 4 nitrogen and oxygen atoms in total. The predicted octanol–water partition coefficient (Wildman–Crippen LogP) is 14.1. The molecule has 59 heavy (non-hydrogen) atoms. The second-order valence-electron chi connectivity index (χ2n) is 14.8. The molecule has 2 aromatic heterocycles. The van der Waals surface area contributed by atoms with Crippen molar-refractivity contribution in [1.29, 1.82) is 0 Å². The Labute approximate surface area is 342 Å². The molecule has 0 fully saturated rings. The maximum absolute atomic E-state index is 5.29. The van der Waals surface area contributed by atoms with Crippen LogP contribution in [0.5, 0.6) is 0 Å². The van der Waals surface area contributed by atoms with Crippen molar-refractivity contribution in [3.63, 3.8) is 0 Å². The van der Waals surface area contributed by atoms with Gasteiger partial charge in [-0.3, -0.25) is 0 Å². The topological polar surface area (TPSA) is 43.6 Å². The fourth-order valence-electron chi connectivity index (χ4n) is 8.42. The monoisotopic (exact) mass is 752 g/mol. The molecule has 4 heteroatoms. The van der Waals surface area contributed by atoms with Crippen molar-refractivity contribution in [2.75, 3.05) is 0 Å². The minimum Gasteiger partial charge on any atom is -0.309 e. The summed E-state index contributed by atoms with van der Waals surface area (Å²) in [6.07, 6.45) is 0. The fourth-order valence-corrected chi connectivity index (χ4v) is 8.42. The lowest BCUT2D eigenvalue weighted by atomic mass is 9.97. The van der Waals surface area contributed by atoms with Crippen LogP contribution in [0, 0.1) is 0 Å². The van der Waals surface area contributed by atoms with E-state index < -0.39 is 0 Å². The Bertz CT molecular complexity index is 3260. The van der Waals surface area contributed by atoms with E-state index >= 15 is 0 Å². The van der Waals surface area contributed by atoms with Crippen molar-refractivity contribution in [3.05, 3.63) is 218 Å². The van der Waals surface area contributed by atoms with Crippen molar-refractivity contribution >= 4 is 32.6 Å². The van der Waals surface area contributed by atoms with E-state index in [4.69, 9.17) is 15.0 Å². The standard InChI is InChI=1S/C55H36N4/c1-4-16-37(17-5-1)40-22-14-24-42(34-40)53-56-54(43-30-32-46-41(35-43)23-15-27-45(46)38-18-6-2-7-19-38)58-55(57-53)44-31-33-47(39-20-8-3-9-21-39)52(36-44)59-50-28-12-10-25-48(50)49-26-11-13-29-51(49)59/h1-36H. The SMILES string of the molecule is c1ccc(-c2cccc(-c3nc(-c4ccc(-c5ccccc5)c(-n5c6ccccc6c6ccccc65)c4)nc(-c4ccc5c(-c6ccccc6)cccc5c4)n3)c2)cc1. The van der Waals surface area contributed by atoms with E-state index in [0.717, 1.165) is 61.1 Å². The van der Waals surface area contributed by atoms with Crippen molar-refractivity contribution in [3.8, 4) is 73.2 Å². The van der Waals surface area contributed by atoms with Gasteiger partial charge in [-0.2, -0.15) is 0 Å². The summed E-state index contributed by atoms with van der Waals surface area (Å²) in [5.74, 6) is 1.84. The van der Waals surface area contributed by atoms with E-state index in [1.807, 2.05) is 6.07 Å². The van der Waals surface area contributed by atoms with Crippen molar-refractivity contribution in [1.82, 2.24) is 19.5 Å². The lowest BCUT2D eigenvalue weighted by Gasteiger charge is -2.16. The third kappa shape index (κ3) is 6.24. The molecule has 11 rings (SSSR count). The van der Waals surface area contributed by atoms with Crippen LogP contribution in [-0.2, 0) is 0 Å². The number of hydrogen-bond acceptors (Lipinski definition) is 3. The summed E-state index contributed by atoms with van der Waals surface area (Å²) >= 11 is 0. The molecular weight excluding hydrogens is 717 g/mol. The van der Waals surface area contributed by atoms with Crippen LogP contribution in [0.4, 0.5) is 0 Å². The van der Waals surface area contributed by atoms with Crippen molar-refractivity contribution < 1.29 is 0 Å². The molecular formula is C55H36N4. The van der Waals surface area contributed by atoms with E-state index in [9.17, 15) is 0 Å². The minimum absolute atomic E-state index is 0.606. The number of rotatable bonds is 7. The van der Waals surface area contributed by atoms with Gasteiger partial charge in [0.05, 0.1) is 16.7 Å². The summed E-state index contributed by atoms with van der Waals surface area (Å²) in [6.45, 7) is 0. The van der Waals surface area contributed by atoms with Crippen LogP contribution in [0.3, 0.4) is 0 Å². The van der Waals surface area contributed by atoms with Crippen LogP contribution in [-0.4, -0.2) is 19.5 Å². The van der Waals surface area contributed by atoms with Gasteiger partial charge >= 0.3 is 0 Å². The predicted molar refractivity (Wildman–Crippen MR) is 244 cm³/mol.